The topological polar surface area (TPSA) is 156 Å². The molecule has 2 fully saturated rings. The minimum Gasteiger partial charge on any atom is -1.00 e. The number of carboxylic acid groups (broad SMARTS) is 2. The Morgan fingerprint density at radius 3 is 2.59 bits per heavy atom. The molecule has 2 amide bonds. The molecule has 0 bridgehead atoms. The van der Waals surface area contributed by atoms with Crippen molar-refractivity contribution >= 4 is 41.2 Å². The van der Waals surface area contributed by atoms with Crippen molar-refractivity contribution in [2.45, 2.75) is 43.7 Å². The molecule has 3 aliphatic rings. The normalized spacial score (nSPS) is 28.6. The summed E-state index contributed by atoms with van der Waals surface area (Å²) in [5.41, 5.74) is 0.418. The fraction of sp³-hybridized carbons (Fsp3) is 0.455. The van der Waals surface area contributed by atoms with Gasteiger partial charge in [0.25, 0.3) is 0 Å². The monoisotopic (exact) mass is 499 g/mol. The Hall–Kier alpha value is -1.89. The van der Waals surface area contributed by atoms with Crippen LogP contribution in [0.25, 0.3) is 0 Å². The number of rotatable bonds is 7. The zero-order valence-electron chi connectivity index (χ0n) is 20.0. The number of aliphatic hydroxyl groups excluding tert-OH is 1. The van der Waals surface area contributed by atoms with Crippen LogP contribution in [0, 0.1) is 11.8 Å². The van der Waals surface area contributed by atoms with Crippen LogP contribution in [-0.4, -0.2) is 74.0 Å². The van der Waals surface area contributed by atoms with Crippen LogP contribution in [-0.2, 0) is 14.4 Å². The second-order valence-corrected chi connectivity index (χ2v) is 9.93. The molecule has 0 spiro atoms. The Balaban J connectivity index is 0.00000216. The molecule has 12 heteroatoms. The van der Waals surface area contributed by atoms with E-state index in [-0.39, 0.29) is 71.3 Å². The first-order chi connectivity index (χ1) is 15.6. The number of aliphatic carboxylic acids is 1. The Labute approximate surface area is 223 Å². The van der Waals surface area contributed by atoms with Gasteiger partial charge in [0.15, 0.2) is 0 Å². The van der Waals surface area contributed by atoms with Crippen LogP contribution >= 0.6 is 11.8 Å². The molecule has 6 atom stereocenters. The fourth-order valence-electron chi connectivity index (χ4n) is 4.81. The van der Waals surface area contributed by atoms with Gasteiger partial charge in [0.1, 0.15) is 5.70 Å². The smallest absolute Gasteiger partial charge is 1.00 e. The number of anilines is 1. The van der Waals surface area contributed by atoms with Crippen molar-refractivity contribution in [1.82, 2.24) is 10.2 Å². The van der Waals surface area contributed by atoms with Gasteiger partial charge >= 0.3 is 41.5 Å². The van der Waals surface area contributed by atoms with Gasteiger partial charge in [0.2, 0.25) is 11.8 Å². The summed E-state index contributed by atoms with van der Waals surface area (Å²) in [6.45, 7) is 3.87. The number of benzene rings is 1. The van der Waals surface area contributed by atoms with E-state index in [1.807, 2.05) is 6.92 Å². The number of amides is 2. The number of β-lactam (4-membered cyclic amide) rings is 1. The van der Waals surface area contributed by atoms with Crippen LogP contribution in [0.4, 0.5) is 5.69 Å². The molecule has 0 saturated carbocycles. The standard InChI is InChI=1S/C22H25N3O7S.Na.H/c1-9-16-15(10(2)26)20(28)25(16)17(22(31)32)18(9)33-13-7-14(23-8-13)19(27)24-12-5-3-4-11(6-12)21(29)30;;/h3-6,9-10,13-16,23,26H,7-8H2,1-2H3,(H,24,27)(H,29,30)(H,31,32);;/q;+1;-1/t9-,10-,13+,14+,15-,16-;;/m1../s1. The summed E-state index contributed by atoms with van der Waals surface area (Å²) >= 11 is 1.36. The first-order valence-corrected chi connectivity index (χ1v) is 11.5. The number of carboxylic acids is 2. The quantitative estimate of drug-likeness (QED) is 0.213. The van der Waals surface area contributed by atoms with Crippen molar-refractivity contribution in [3.8, 4) is 0 Å². The molecule has 0 aliphatic carbocycles. The largest absolute Gasteiger partial charge is 1.00 e. The summed E-state index contributed by atoms with van der Waals surface area (Å²) in [5.74, 6) is -3.79. The van der Waals surface area contributed by atoms with Crippen molar-refractivity contribution in [1.29, 1.82) is 0 Å². The molecule has 3 heterocycles. The summed E-state index contributed by atoms with van der Waals surface area (Å²) < 4.78 is 0. The van der Waals surface area contributed by atoms with E-state index in [4.69, 9.17) is 5.11 Å². The van der Waals surface area contributed by atoms with Gasteiger partial charge in [0, 0.05) is 28.3 Å². The molecule has 4 rings (SSSR count). The molecule has 10 nitrogen and oxygen atoms in total. The van der Waals surface area contributed by atoms with Gasteiger partial charge in [-0.15, -0.1) is 11.8 Å². The third kappa shape index (κ3) is 4.77. The summed E-state index contributed by atoms with van der Waals surface area (Å²) in [6, 6.07) is 5.07. The molecule has 0 aromatic heterocycles. The maximum Gasteiger partial charge on any atom is 1.00 e. The third-order valence-corrected chi connectivity index (χ3v) is 7.90. The summed E-state index contributed by atoms with van der Waals surface area (Å²) in [6.07, 6.45) is -0.419. The van der Waals surface area contributed by atoms with Gasteiger partial charge in [-0.05, 0) is 31.5 Å². The summed E-state index contributed by atoms with van der Waals surface area (Å²) in [4.78, 5) is 50.1. The average Bonchev–Trinajstić information content (AvgIpc) is 3.30. The SMILES string of the molecule is C[C@@H](O)[C@H]1C(=O)N2C(C(=O)O)=C(S[C@@H]3CN[C@H](C(=O)Nc4cccc(C(=O)O)c4)C3)[C@H](C)[C@H]12.[H-].[Na+]. The first kappa shape index (κ1) is 26.7. The number of nitrogens with zero attached hydrogens (tertiary/aromatic N) is 1. The van der Waals surface area contributed by atoms with E-state index in [1.165, 1.54) is 35.7 Å². The number of nitrogens with one attached hydrogen (secondary N) is 2. The predicted molar refractivity (Wildman–Crippen MR) is 121 cm³/mol. The molecule has 1 aromatic carbocycles. The molecular weight excluding hydrogens is 473 g/mol. The molecule has 34 heavy (non-hydrogen) atoms. The predicted octanol–water partition coefficient (Wildman–Crippen LogP) is -1.94. The van der Waals surface area contributed by atoms with E-state index >= 15 is 0 Å². The number of carbonyl (C=O) groups is 4. The number of carbonyl (C=O) groups excluding carboxylic acids is 2. The van der Waals surface area contributed by atoms with Crippen LogP contribution < -0.4 is 40.2 Å². The number of hydrogen-bond acceptors (Lipinski definition) is 7. The van der Waals surface area contributed by atoms with Gasteiger partial charge in [-0.2, -0.15) is 0 Å². The zero-order chi connectivity index (χ0) is 24.0. The Morgan fingerprint density at radius 2 is 1.97 bits per heavy atom. The van der Waals surface area contributed by atoms with Crippen LogP contribution in [0.5, 0.6) is 0 Å². The van der Waals surface area contributed by atoms with E-state index in [2.05, 4.69) is 10.6 Å². The summed E-state index contributed by atoms with van der Waals surface area (Å²) in [7, 11) is 0. The molecule has 0 radical (unpaired) electrons. The van der Waals surface area contributed by atoms with Crippen LogP contribution in [0.1, 0.15) is 32.1 Å². The number of aromatic carboxylic acids is 1. The van der Waals surface area contributed by atoms with Gasteiger partial charge in [0.05, 0.1) is 29.7 Å². The number of thioether (sulfide) groups is 1. The minimum atomic E-state index is -1.18. The van der Waals surface area contributed by atoms with Gasteiger partial charge in [-0.1, -0.05) is 13.0 Å². The average molecular weight is 500 g/mol. The second kappa shape index (κ2) is 10.4. The van der Waals surface area contributed by atoms with Crippen LogP contribution in [0.2, 0.25) is 0 Å². The van der Waals surface area contributed by atoms with E-state index in [9.17, 15) is 29.4 Å². The Bertz CT molecular complexity index is 1070. The number of hydrogen-bond donors (Lipinski definition) is 5. The van der Waals surface area contributed by atoms with Crippen molar-refractivity contribution in [3.63, 3.8) is 0 Å². The summed E-state index contributed by atoms with van der Waals surface area (Å²) in [5, 5.41) is 34.6. The van der Waals surface area contributed by atoms with Gasteiger partial charge < -0.3 is 32.3 Å². The van der Waals surface area contributed by atoms with Crippen molar-refractivity contribution in [3.05, 3.63) is 40.4 Å². The third-order valence-electron chi connectivity index (χ3n) is 6.39. The molecule has 5 N–H and O–H groups in total. The van der Waals surface area contributed by atoms with Crippen LogP contribution in [0.15, 0.2) is 34.9 Å². The second-order valence-electron chi connectivity index (χ2n) is 8.58. The number of fused-ring (bicyclic) bond motifs is 1. The van der Waals surface area contributed by atoms with E-state index in [1.54, 1.807) is 12.1 Å². The van der Waals surface area contributed by atoms with Crippen molar-refractivity contribution < 1.29 is 65.5 Å². The first-order valence-electron chi connectivity index (χ1n) is 10.6. The van der Waals surface area contributed by atoms with E-state index in [0.717, 1.165) is 0 Å². The molecule has 0 unspecified atom stereocenters. The zero-order valence-corrected chi connectivity index (χ0v) is 21.8. The number of aliphatic hydroxyl groups is 1. The van der Waals surface area contributed by atoms with Crippen molar-refractivity contribution in [2.24, 2.45) is 11.8 Å². The fourth-order valence-corrected chi connectivity index (χ4v) is 6.29. The Morgan fingerprint density at radius 1 is 1.26 bits per heavy atom. The molecular formula is C22H26N3NaO7S. The van der Waals surface area contributed by atoms with Gasteiger partial charge in [-0.25, -0.2) is 9.59 Å². The maximum atomic E-state index is 12.7. The molecule has 2 saturated heterocycles. The maximum absolute atomic E-state index is 12.7. The molecule has 3 aliphatic heterocycles. The van der Waals surface area contributed by atoms with E-state index in [0.29, 0.717) is 23.6 Å². The molecule has 178 valence electrons. The Kier molecular flexibility index (Phi) is 8.16. The van der Waals surface area contributed by atoms with E-state index < -0.39 is 30.0 Å². The van der Waals surface area contributed by atoms with Crippen molar-refractivity contribution in [2.75, 3.05) is 11.9 Å². The van der Waals surface area contributed by atoms with Gasteiger partial charge in [-0.3, -0.25) is 9.59 Å². The molecule has 1 aromatic rings. The van der Waals surface area contributed by atoms with Crippen LogP contribution in [0.3, 0.4) is 0 Å². The minimum absolute atomic E-state index is 0.